The van der Waals surface area contributed by atoms with E-state index in [9.17, 15) is 21.2 Å². The van der Waals surface area contributed by atoms with Crippen molar-refractivity contribution in [2.45, 2.75) is 48.1 Å². The Bertz CT molecular complexity index is 559. The average Bonchev–Trinajstić information content (AvgIpc) is 2.24. The van der Waals surface area contributed by atoms with Crippen molar-refractivity contribution < 1.29 is 25.8 Å². The first kappa shape index (κ1) is 13.8. The molecule has 4 bridgehead atoms. The minimum atomic E-state index is -5.21. The Hall–Kier alpha value is -0.210. The quantitative estimate of drug-likeness (QED) is 0.798. The van der Waals surface area contributed by atoms with E-state index in [2.05, 4.69) is 0 Å². The molecule has 0 amide bonds. The Labute approximate surface area is 112 Å². The molecule has 110 valence electrons. The van der Waals surface area contributed by atoms with E-state index in [1.165, 1.54) is 0 Å². The maximum atomic E-state index is 13.8. The van der Waals surface area contributed by atoms with Crippen LogP contribution in [0.25, 0.3) is 0 Å². The largest absolute Gasteiger partial charge is 0.324 e. The van der Waals surface area contributed by atoms with Crippen molar-refractivity contribution in [1.29, 1.82) is 0 Å². The summed E-state index contributed by atoms with van der Waals surface area (Å²) in [6.45, 7) is 0. The van der Waals surface area contributed by atoms with Crippen molar-refractivity contribution in [1.82, 2.24) is 0 Å². The molecule has 0 aliphatic heterocycles. The molecule has 0 aromatic carbocycles. The number of halogens is 1. The standard InChI is InChI=1S/C11H17FO5S2/c12-10(19(15,16)17)18(13,14)11-4-7-1-8(5-11)3-9(2-7)6-11/h7-10H,1-6H2,(H,15,16,17). The maximum Gasteiger partial charge on any atom is 0.324 e. The summed E-state index contributed by atoms with van der Waals surface area (Å²) in [7, 11) is -9.73. The molecule has 4 aliphatic rings. The van der Waals surface area contributed by atoms with Crippen molar-refractivity contribution >= 4 is 20.0 Å². The lowest BCUT2D eigenvalue weighted by molar-refractivity contribution is 0.0331. The summed E-state index contributed by atoms with van der Waals surface area (Å²) in [5, 5.41) is 0. The second-order valence-electron chi connectivity index (χ2n) is 6.43. The predicted molar refractivity (Wildman–Crippen MR) is 66.3 cm³/mol. The van der Waals surface area contributed by atoms with Gasteiger partial charge in [-0.2, -0.15) is 8.42 Å². The van der Waals surface area contributed by atoms with E-state index in [1.54, 1.807) is 0 Å². The molecule has 4 aliphatic carbocycles. The second-order valence-corrected chi connectivity index (χ2v) is 10.5. The number of alkyl halides is 1. The number of rotatable bonds is 3. The third kappa shape index (κ3) is 1.94. The van der Waals surface area contributed by atoms with Crippen molar-refractivity contribution in [3.63, 3.8) is 0 Å². The van der Waals surface area contributed by atoms with Crippen LogP contribution in [0.3, 0.4) is 0 Å². The summed E-state index contributed by atoms with van der Waals surface area (Å²) in [6.07, 6.45) is 3.94. The summed E-state index contributed by atoms with van der Waals surface area (Å²) in [4.78, 5) is -3.20. The van der Waals surface area contributed by atoms with E-state index in [4.69, 9.17) is 4.55 Å². The lowest BCUT2D eigenvalue weighted by atomic mass is 9.56. The zero-order chi connectivity index (χ0) is 14.1. The topological polar surface area (TPSA) is 88.5 Å². The molecule has 1 atom stereocenters. The van der Waals surface area contributed by atoms with Crippen LogP contribution >= 0.6 is 0 Å². The molecule has 0 aromatic heterocycles. The van der Waals surface area contributed by atoms with Crippen molar-refractivity contribution in [2.24, 2.45) is 17.8 Å². The Morgan fingerprint density at radius 2 is 1.32 bits per heavy atom. The van der Waals surface area contributed by atoms with Gasteiger partial charge in [0.05, 0.1) is 4.75 Å². The lowest BCUT2D eigenvalue weighted by Gasteiger charge is -2.55. The first-order valence-electron chi connectivity index (χ1n) is 6.48. The van der Waals surface area contributed by atoms with Gasteiger partial charge in [-0.1, -0.05) is 0 Å². The third-order valence-electron chi connectivity index (χ3n) is 5.06. The molecule has 4 fully saturated rings. The number of hydrogen-bond donors (Lipinski definition) is 1. The van der Waals surface area contributed by atoms with Gasteiger partial charge in [0.25, 0.3) is 0 Å². The minimum absolute atomic E-state index is 0.259. The van der Waals surface area contributed by atoms with Crippen LogP contribution in [-0.4, -0.2) is 31.0 Å². The molecule has 1 unspecified atom stereocenters. The van der Waals surface area contributed by atoms with Gasteiger partial charge in [-0.3, -0.25) is 4.55 Å². The van der Waals surface area contributed by atoms with Crippen molar-refractivity contribution in [3.05, 3.63) is 0 Å². The molecule has 0 saturated heterocycles. The molecule has 0 heterocycles. The van der Waals surface area contributed by atoms with Gasteiger partial charge in [-0.25, -0.2) is 12.8 Å². The zero-order valence-corrected chi connectivity index (χ0v) is 12.0. The monoisotopic (exact) mass is 312 g/mol. The summed E-state index contributed by atoms with van der Waals surface area (Å²) >= 11 is 0. The molecule has 0 spiro atoms. The molecule has 0 radical (unpaired) electrons. The fraction of sp³-hybridized carbons (Fsp3) is 1.00. The van der Waals surface area contributed by atoms with E-state index < -0.39 is 29.5 Å². The van der Waals surface area contributed by atoms with Crippen LogP contribution in [0.15, 0.2) is 0 Å². The fourth-order valence-corrected chi connectivity index (χ4v) is 8.43. The van der Waals surface area contributed by atoms with Crippen molar-refractivity contribution in [3.8, 4) is 0 Å². The summed E-state index contributed by atoms with van der Waals surface area (Å²) in [5.41, 5.74) is 0. The Kier molecular flexibility index (Phi) is 2.84. The number of sulfone groups is 1. The summed E-state index contributed by atoms with van der Waals surface area (Å²) < 4.78 is 67.6. The van der Waals surface area contributed by atoms with Gasteiger partial charge in [0, 0.05) is 0 Å². The van der Waals surface area contributed by atoms with E-state index in [-0.39, 0.29) is 17.8 Å². The highest BCUT2D eigenvalue weighted by molar-refractivity contribution is 8.07. The highest BCUT2D eigenvalue weighted by Crippen LogP contribution is 2.59. The molecule has 4 rings (SSSR count). The average molecular weight is 312 g/mol. The molecule has 1 N–H and O–H groups in total. The van der Waals surface area contributed by atoms with E-state index in [0.717, 1.165) is 19.3 Å². The Morgan fingerprint density at radius 1 is 0.947 bits per heavy atom. The molecule has 0 aromatic rings. The van der Waals surface area contributed by atoms with Crippen LogP contribution < -0.4 is 0 Å². The van der Waals surface area contributed by atoms with Crippen LogP contribution in [-0.2, 0) is 20.0 Å². The van der Waals surface area contributed by atoms with E-state index >= 15 is 0 Å². The van der Waals surface area contributed by atoms with Crippen LogP contribution in [0.5, 0.6) is 0 Å². The van der Waals surface area contributed by atoms with E-state index in [1.807, 2.05) is 0 Å². The SMILES string of the molecule is O=S(=O)(O)C(F)S(=O)(=O)C12CC3CC(CC(C3)C1)C2. The van der Waals surface area contributed by atoms with Crippen molar-refractivity contribution in [2.75, 3.05) is 0 Å². The smallest absolute Gasteiger partial charge is 0.282 e. The van der Waals surface area contributed by atoms with Gasteiger partial charge in [0.15, 0.2) is 0 Å². The third-order valence-corrected chi connectivity index (χ3v) is 9.22. The summed E-state index contributed by atoms with van der Waals surface area (Å²) in [6, 6.07) is 0. The highest BCUT2D eigenvalue weighted by Gasteiger charge is 2.61. The number of hydrogen-bond acceptors (Lipinski definition) is 4. The van der Waals surface area contributed by atoms with Gasteiger partial charge in [0.1, 0.15) is 0 Å². The molecular weight excluding hydrogens is 295 g/mol. The molecule has 19 heavy (non-hydrogen) atoms. The van der Waals surface area contributed by atoms with Crippen LogP contribution in [0.1, 0.15) is 38.5 Å². The van der Waals surface area contributed by atoms with E-state index in [0.29, 0.717) is 19.3 Å². The Morgan fingerprint density at radius 3 is 1.63 bits per heavy atom. The molecular formula is C11H17FO5S2. The van der Waals surface area contributed by atoms with Crippen LogP contribution in [0, 0.1) is 17.8 Å². The molecule has 8 heteroatoms. The van der Waals surface area contributed by atoms with Gasteiger partial charge in [-0.05, 0) is 56.3 Å². The lowest BCUT2D eigenvalue weighted by Crippen LogP contribution is -2.57. The predicted octanol–water partition coefficient (Wildman–Crippen LogP) is 1.51. The van der Waals surface area contributed by atoms with Gasteiger partial charge in [-0.15, -0.1) is 0 Å². The van der Waals surface area contributed by atoms with Gasteiger partial charge >= 0.3 is 15.0 Å². The minimum Gasteiger partial charge on any atom is -0.282 e. The van der Waals surface area contributed by atoms with Gasteiger partial charge in [0.2, 0.25) is 9.84 Å². The second kappa shape index (κ2) is 3.92. The fourth-order valence-electron chi connectivity index (χ4n) is 4.74. The first-order chi connectivity index (χ1) is 8.64. The van der Waals surface area contributed by atoms with Gasteiger partial charge < -0.3 is 0 Å². The highest BCUT2D eigenvalue weighted by atomic mass is 32.3. The maximum absolute atomic E-state index is 13.8. The zero-order valence-electron chi connectivity index (χ0n) is 10.3. The first-order valence-corrected chi connectivity index (χ1v) is 9.53. The van der Waals surface area contributed by atoms with Crippen LogP contribution in [0.4, 0.5) is 4.39 Å². The normalized spacial score (nSPS) is 43.4. The van der Waals surface area contributed by atoms with Crippen LogP contribution in [0.2, 0.25) is 0 Å². The Balaban J connectivity index is 2.02. The molecule has 4 saturated carbocycles. The summed E-state index contributed by atoms with van der Waals surface area (Å²) in [5.74, 6) is 0.777. The molecule has 5 nitrogen and oxygen atoms in total.